The summed E-state index contributed by atoms with van der Waals surface area (Å²) < 4.78 is 5.87. The Labute approximate surface area is 273 Å². The average Bonchev–Trinajstić information content (AvgIpc) is 3.01. The third-order valence-electron chi connectivity index (χ3n) is 7.86. The lowest BCUT2D eigenvalue weighted by Gasteiger charge is -2.37. The number of rotatable bonds is 14. The maximum Gasteiger partial charge on any atom is 0.317 e. The molecule has 248 valence electrons. The fraction of sp³-hybridized carbons (Fsp3) is 0.432. The number of nitrogens with one attached hydrogen (secondary N) is 2. The first-order valence-electron chi connectivity index (χ1n) is 16.1. The number of benzene rings is 3. The first-order valence-corrected chi connectivity index (χ1v) is 16.1. The van der Waals surface area contributed by atoms with Gasteiger partial charge in [-0.3, -0.25) is 9.59 Å². The number of amides is 4. The molecule has 9 nitrogen and oxygen atoms in total. The molecule has 0 bridgehead atoms. The van der Waals surface area contributed by atoms with Crippen LogP contribution in [0.25, 0.3) is 0 Å². The monoisotopic (exact) mass is 630 g/mol. The zero-order valence-corrected chi connectivity index (χ0v) is 27.6. The van der Waals surface area contributed by atoms with E-state index in [1.54, 1.807) is 0 Å². The van der Waals surface area contributed by atoms with E-state index in [9.17, 15) is 19.5 Å². The Morgan fingerprint density at radius 1 is 0.935 bits per heavy atom. The standard InChI is InChI=1S/C32H39N3O4.C5H11NO/c1-23-11-9-12-24(2)31(23)39-22-30(37)34-28(20-26-15-7-4-8-16-26)29(36)21-27(19-25-13-5-3-6-14-25)35-18-10-17-33-32(35)38;1-4(2)3-5(6)7/h3-9,11-16,27-29,36H,10,17-22H2,1-2H3,(H,33,38)(H,34,37);4H,3H2,1-2H3,(H2,6,7)/t27-,28-,29-;/m0./s1. The quantitative estimate of drug-likeness (QED) is 0.205. The first-order chi connectivity index (χ1) is 22.0. The molecule has 0 aromatic heterocycles. The van der Waals surface area contributed by atoms with Gasteiger partial charge in [0.2, 0.25) is 5.91 Å². The Kier molecular flexibility index (Phi) is 14.6. The molecule has 0 saturated carbocycles. The number of hydrogen-bond acceptors (Lipinski definition) is 5. The smallest absolute Gasteiger partial charge is 0.317 e. The van der Waals surface area contributed by atoms with E-state index in [4.69, 9.17) is 10.5 Å². The second kappa shape index (κ2) is 18.6. The van der Waals surface area contributed by atoms with Gasteiger partial charge in [-0.05, 0) is 67.7 Å². The number of aryl methyl sites for hydroxylation is 2. The normalized spacial score (nSPS) is 14.7. The Hall–Kier alpha value is -4.37. The molecule has 1 heterocycles. The van der Waals surface area contributed by atoms with Gasteiger partial charge in [0.05, 0.1) is 12.1 Å². The second-order valence-electron chi connectivity index (χ2n) is 12.4. The Balaban J connectivity index is 0.000000738. The Morgan fingerprint density at radius 2 is 1.52 bits per heavy atom. The SMILES string of the molecule is CC(C)CC(N)=O.Cc1cccc(C)c1OCC(=O)N[C@@H](Cc1ccccc1)[C@@H](O)C[C@H](Cc1ccccc1)N1CCCNC1=O. The summed E-state index contributed by atoms with van der Waals surface area (Å²) in [7, 11) is 0. The van der Waals surface area contributed by atoms with Crippen LogP contribution in [-0.2, 0) is 22.4 Å². The lowest BCUT2D eigenvalue weighted by atomic mass is 9.92. The van der Waals surface area contributed by atoms with Gasteiger partial charge in [-0.15, -0.1) is 0 Å². The van der Waals surface area contributed by atoms with Crippen molar-refractivity contribution in [1.29, 1.82) is 0 Å². The fourth-order valence-electron chi connectivity index (χ4n) is 5.61. The lowest BCUT2D eigenvalue weighted by molar-refractivity contribution is -0.124. The van der Waals surface area contributed by atoms with Crippen molar-refractivity contribution in [3.8, 4) is 5.75 Å². The van der Waals surface area contributed by atoms with Gasteiger partial charge >= 0.3 is 6.03 Å². The molecule has 46 heavy (non-hydrogen) atoms. The van der Waals surface area contributed by atoms with E-state index in [-0.39, 0.29) is 30.5 Å². The third kappa shape index (κ3) is 12.2. The summed E-state index contributed by atoms with van der Waals surface area (Å²) in [5, 5.41) is 17.5. The van der Waals surface area contributed by atoms with Crippen molar-refractivity contribution >= 4 is 17.8 Å². The number of primary amides is 1. The van der Waals surface area contributed by atoms with E-state index in [2.05, 4.69) is 10.6 Å². The maximum atomic E-state index is 13.1. The molecule has 0 unspecified atom stereocenters. The van der Waals surface area contributed by atoms with Crippen molar-refractivity contribution in [2.45, 2.75) is 78.0 Å². The van der Waals surface area contributed by atoms with Crippen LogP contribution in [0.1, 0.15) is 55.4 Å². The van der Waals surface area contributed by atoms with E-state index >= 15 is 0 Å². The van der Waals surface area contributed by atoms with E-state index in [0.717, 1.165) is 28.7 Å². The summed E-state index contributed by atoms with van der Waals surface area (Å²) in [5.41, 5.74) is 8.89. The van der Waals surface area contributed by atoms with Crippen LogP contribution in [0.3, 0.4) is 0 Å². The summed E-state index contributed by atoms with van der Waals surface area (Å²) in [6.45, 7) is 8.97. The highest BCUT2D eigenvalue weighted by Crippen LogP contribution is 2.23. The number of aliphatic hydroxyl groups excluding tert-OH is 1. The number of carbonyl (C=O) groups is 3. The predicted octanol–water partition coefficient (Wildman–Crippen LogP) is 4.71. The van der Waals surface area contributed by atoms with Crippen molar-refractivity contribution < 1.29 is 24.2 Å². The van der Waals surface area contributed by atoms with Crippen molar-refractivity contribution in [2.75, 3.05) is 19.7 Å². The van der Waals surface area contributed by atoms with Crippen LogP contribution in [0, 0.1) is 19.8 Å². The topological polar surface area (TPSA) is 134 Å². The van der Waals surface area contributed by atoms with Gasteiger partial charge in [-0.2, -0.15) is 0 Å². The molecule has 5 N–H and O–H groups in total. The molecule has 1 saturated heterocycles. The van der Waals surface area contributed by atoms with Gasteiger partial charge in [0, 0.05) is 25.6 Å². The molecule has 1 fully saturated rings. The number of carbonyl (C=O) groups excluding carboxylic acids is 3. The van der Waals surface area contributed by atoms with Gasteiger partial charge in [0.1, 0.15) is 5.75 Å². The van der Waals surface area contributed by atoms with Crippen LogP contribution in [0.2, 0.25) is 0 Å². The van der Waals surface area contributed by atoms with Crippen molar-refractivity contribution in [3.05, 3.63) is 101 Å². The van der Waals surface area contributed by atoms with E-state index < -0.39 is 12.1 Å². The van der Waals surface area contributed by atoms with Crippen molar-refractivity contribution in [2.24, 2.45) is 11.7 Å². The van der Waals surface area contributed by atoms with Crippen LogP contribution in [0.5, 0.6) is 5.75 Å². The van der Waals surface area contributed by atoms with Crippen molar-refractivity contribution in [3.63, 3.8) is 0 Å². The number of urea groups is 1. The van der Waals surface area contributed by atoms with Gasteiger partial charge in [0.25, 0.3) is 5.91 Å². The van der Waals surface area contributed by atoms with Crippen LogP contribution < -0.4 is 21.1 Å². The molecule has 0 aliphatic carbocycles. The molecular weight excluding hydrogens is 580 g/mol. The minimum Gasteiger partial charge on any atom is -0.483 e. The molecule has 3 aromatic carbocycles. The molecule has 9 heteroatoms. The van der Waals surface area contributed by atoms with E-state index in [0.29, 0.717) is 50.4 Å². The molecule has 0 radical (unpaired) electrons. The number of nitrogens with zero attached hydrogens (tertiary/aromatic N) is 1. The van der Waals surface area contributed by atoms with Crippen LogP contribution in [0.15, 0.2) is 78.9 Å². The number of para-hydroxylation sites is 1. The minimum atomic E-state index is -0.877. The highest BCUT2D eigenvalue weighted by molar-refractivity contribution is 5.78. The highest BCUT2D eigenvalue weighted by atomic mass is 16.5. The summed E-state index contributed by atoms with van der Waals surface area (Å²) in [6, 6.07) is 24.8. The van der Waals surface area contributed by atoms with Gasteiger partial charge in [-0.1, -0.05) is 92.7 Å². The van der Waals surface area contributed by atoms with Crippen LogP contribution >= 0.6 is 0 Å². The molecule has 1 aliphatic heterocycles. The largest absolute Gasteiger partial charge is 0.483 e. The van der Waals surface area contributed by atoms with Gasteiger partial charge in [-0.25, -0.2) is 4.79 Å². The van der Waals surface area contributed by atoms with E-state index in [1.807, 2.05) is 111 Å². The predicted molar refractivity (Wildman–Crippen MR) is 181 cm³/mol. The first kappa shape index (κ1) is 36.1. The van der Waals surface area contributed by atoms with E-state index in [1.165, 1.54) is 0 Å². The Morgan fingerprint density at radius 3 is 2.04 bits per heavy atom. The maximum absolute atomic E-state index is 13.1. The number of ether oxygens (including phenoxy) is 1. The van der Waals surface area contributed by atoms with Crippen LogP contribution in [-0.4, -0.2) is 65.7 Å². The summed E-state index contributed by atoms with van der Waals surface area (Å²) in [4.78, 5) is 37.7. The molecule has 3 aromatic rings. The molecule has 3 atom stereocenters. The minimum absolute atomic E-state index is 0.111. The average molecular weight is 631 g/mol. The second-order valence-corrected chi connectivity index (χ2v) is 12.4. The summed E-state index contributed by atoms with van der Waals surface area (Å²) >= 11 is 0. The Bertz CT molecular complexity index is 1360. The molecule has 4 amide bonds. The van der Waals surface area contributed by atoms with Gasteiger partial charge < -0.3 is 31.1 Å². The molecular formula is C37H50N4O5. The lowest BCUT2D eigenvalue weighted by Crippen LogP contribution is -2.54. The number of aliphatic hydroxyl groups is 1. The van der Waals surface area contributed by atoms with Crippen LogP contribution in [0.4, 0.5) is 4.79 Å². The molecule has 0 spiro atoms. The number of hydrogen-bond donors (Lipinski definition) is 4. The number of nitrogens with two attached hydrogens (primary N) is 1. The van der Waals surface area contributed by atoms with Crippen molar-refractivity contribution in [1.82, 2.24) is 15.5 Å². The third-order valence-corrected chi connectivity index (χ3v) is 7.86. The van der Waals surface area contributed by atoms with Gasteiger partial charge in [0.15, 0.2) is 6.61 Å². The highest BCUT2D eigenvalue weighted by Gasteiger charge is 2.31. The zero-order valence-electron chi connectivity index (χ0n) is 27.6. The fourth-order valence-corrected chi connectivity index (χ4v) is 5.61. The molecule has 4 rings (SSSR count). The zero-order chi connectivity index (χ0) is 33.5. The molecule has 1 aliphatic rings. The summed E-state index contributed by atoms with van der Waals surface area (Å²) in [5.74, 6) is 0.590. The summed E-state index contributed by atoms with van der Waals surface area (Å²) in [6.07, 6.45) is 1.89.